The Morgan fingerprint density at radius 3 is 2.91 bits per heavy atom. The van der Waals surface area contributed by atoms with E-state index in [2.05, 4.69) is 9.97 Å². The van der Waals surface area contributed by atoms with E-state index in [1.807, 2.05) is 4.90 Å². The lowest BCUT2D eigenvalue weighted by Crippen LogP contribution is -2.50. The molecular formula is C16H23N3O3. The fourth-order valence-electron chi connectivity index (χ4n) is 3.58. The van der Waals surface area contributed by atoms with Crippen molar-refractivity contribution in [2.75, 3.05) is 32.9 Å². The van der Waals surface area contributed by atoms with Crippen LogP contribution in [0.5, 0.6) is 5.88 Å². The van der Waals surface area contributed by atoms with Crippen LogP contribution >= 0.6 is 0 Å². The molecule has 2 fully saturated rings. The lowest BCUT2D eigenvalue weighted by molar-refractivity contribution is -0.135. The average Bonchev–Trinajstić information content (AvgIpc) is 2.55. The summed E-state index contributed by atoms with van der Waals surface area (Å²) in [5.41, 5.74) is 0.229. The number of aromatic nitrogens is 2. The van der Waals surface area contributed by atoms with Gasteiger partial charge in [0.1, 0.15) is 0 Å². The lowest BCUT2D eigenvalue weighted by Gasteiger charge is -2.48. The molecule has 0 saturated carbocycles. The van der Waals surface area contributed by atoms with Gasteiger partial charge in [-0.25, -0.2) is 4.98 Å². The molecular weight excluding hydrogens is 282 g/mol. The first kappa shape index (κ1) is 15.2. The molecule has 2 aliphatic heterocycles. The second-order valence-corrected chi connectivity index (χ2v) is 6.24. The Bertz CT molecular complexity index is 501. The van der Waals surface area contributed by atoms with Gasteiger partial charge in [0, 0.05) is 44.9 Å². The molecule has 22 heavy (non-hydrogen) atoms. The van der Waals surface area contributed by atoms with Crippen molar-refractivity contribution in [2.45, 2.75) is 26.2 Å². The minimum atomic E-state index is 0.175. The number of carbonyl (C=O) groups is 1. The maximum Gasteiger partial charge on any atom is 0.232 e. The smallest absolute Gasteiger partial charge is 0.232 e. The summed E-state index contributed by atoms with van der Waals surface area (Å²) in [7, 11) is 0. The van der Waals surface area contributed by atoms with E-state index in [1.54, 1.807) is 25.5 Å². The second kappa shape index (κ2) is 6.60. The van der Waals surface area contributed by atoms with Crippen LogP contribution in [-0.4, -0.2) is 53.7 Å². The minimum Gasteiger partial charge on any atom is -0.476 e. The Morgan fingerprint density at radius 1 is 1.41 bits per heavy atom. The highest BCUT2D eigenvalue weighted by Crippen LogP contribution is 2.44. The van der Waals surface area contributed by atoms with Crippen molar-refractivity contribution in [3.05, 3.63) is 18.6 Å². The summed E-state index contributed by atoms with van der Waals surface area (Å²) < 4.78 is 11.5. The van der Waals surface area contributed by atoms with Crippen LogP contribution in [0.25, 0.3) is 0 Å². The predicted octanol–water partition coefficient (Wildman–Crippen LogP) is 1.52. The topological polar surface area (TPSA) is 64.6 Å². The summed E-state index contributed by atoms with van der Waals surface area (Å²) in [5, 5.41) is 0. The summed E-state index contributed by atoms with van der Waals surface area (Å²) in [5.74, 6) is 1.08. The van der Waals surface area contributed by atoms with E-state index in [9.17, 15) is 4.79 Å². The predicted molar refractivity (Wildman–Crippen MR) is 80.4 cm³/mol. The summed E-state index contributed by atoms with van der Waals surface area (Å²) in [6, 6.07) is 0. The number of nitrogens with zero attached hydrogens (tertiary/aromatic N) is 3. The average molecular weight is 305 g/mol. The van der Waals surface area contributed by atoms with Crippen LogP contribution in [0.4, 0.5) is 0 Å². The number of ether oxygens (including phenoxy) is 2. The maximum absolute atomic E-state index is 11.5. The van der Waals surface area contributed by atoms with Crippen LogP contribution in [-0.2, 0) is 9.53 Å². The fraction of sp³-hybridized carbons (Fsp3) is 0.688. The third-order valence-corrected chi connectivity index (χ3v) is 5.11. The molecule has 0 unspecified atom stereocenters. The van der Waals surface area contributed by atoms with Crippen molar-refractivity contribution in [3.63, 3.8) is 0 Å². The Balaban J connectivity index is 1.63. The van der Waals surface area contributed by atoms with Gasteiger partial charge in [-0.1, -0.05) is 0 Å². The van der Waals surface area contributed by atoms with Crippen LogP contribution < -0.4 is 4.74 Å². The van der Waals surface area contributed by atoms with E-state index in [1.165, 1.54) is 0 Å². The van der Waals surface area contributed by atoms with Crippen molar-refractivity contribution in [1.82, 2.24) is 14.9 Å². The highest BCUT2D eigenvalue weighted by Gasteiger charge is 2.44. The van der Waals surface area contributed by atoms with Crippen molar-refractivity contribution in [1.29, 1.82) is 0 Å². The van der Waals surface area contributed by atoms with Crippen LogP contribution in [0.2, 0.25) is 0 Å². The number of rotatable bonds is 3. The Labute approximate surface area is 130 Å². The van der Waals surface area contributed by atoms with Gasteiger partial charge in [0.2, 0.25) is 11.8 Å². The number of hydrogen-bond donors (Lipinski definition) is 0. The summed E-state index contributed by atoms with van der Waals surface area (Å²) in [6.07, 6.45) is 8.01. The zero-order valence-corrected chi connectivity index (χ0v) is 13.0. The van der Waals surface area contributed by atoms with Crippen LogP contribution in [0.3, 0.4) is 0 Å². The van der Waals surface area contributed by atoms with E-state index >= 15 is 0 Å². The lowest BCUT2D eigenvalue weighted by atomic mass is 9.66. The normalized spacial score (nSPS) is 24.2. The summed E-state index contributed by atoms with van der Waals surface area (Å²) in [4.78, 5) is 21.6. The molecule has 1 atom stereocenters. The first-order valence-corrected chi connectivity index (χ1v) is 7.92. The van der Waals surface area contributed by atoms with E-state index in [4.69, 9.17) is 9.47 Å². The Morgan fingerprint density at radius 2 is 2.23 bits per heavy atom. The van der Waals surface area contributed by atoms with Gasteiger partial charge in [0.05, 0.1) is 19.4 Å². The molecule has 120 valence electrons. The van der Waals surface area contributed by atoms with Crippen molar-refractivity contribution >= 4 is 5.91 Å². The molecule has 1 amide bonds. The van der Waals surface area contributed by atoms with Gasteiger partial charge in [-0.2, -0.15) is 0 Å². The molecule has 2 saturated heterocycles. The Hall–Kier alpha value is -1.69. The van der Waals surface area contributed by atoms with Gasteiger partial charge in [-0.3, -0.25) is 9.78 Å². The van der Waals surface area contributed by atoms with Gasteiger partial charge in [-0.15, -0.1) is 0 Å². The molecule has 6 heteroatoms. The van der Waals surface area contributed by atoms with Crippen LogP contribution in [0.1, 0.15) is 26.2 Å². The molecule has 2 aliphatic rings. The summed E-state index contributed by atoms with van der Waals surface area (Å²) in [6.45, 7) is 5.46. The molecule has 0 bridgehead atoms. The number of hydrogen-bond acceptors (Lipinski definition) is 5. The zero-order valence-electron chi connectivity index (χ0n) is 13.0. The van der Waals surface area contributed by atoms with Crippen LogP contribution in [0, 0.1) is 11.3 Å². The molecule has 1 aromatic heterocycles. The third kappa shape index (κ3) is 3.21. The molecule has 0 radical (unpaired) electrons. The largest absolute Gasteiger partial charge is 0.476 e. The molecule has 1 spiro atoms. The quantitative estimate of drug-likeness (QED) is 0.847. The Kier molecular flexibility index (Phi) is 4.57. The van der Waals surface area contributed by atoms with Gasteiger partial charge in [0.25, 0.3) is 0 Å². The van der Waals surface area contributed by atoms with E-state index < -0.39 is 0 Å². The highest BCUT2D eigenvalue weighted by molar-refractivity contribution is 5.73. The number of amides is 1. The number of piperidine rings is 1. The van der Waals surface area contributed by atoms with E-state index in [0.29, 0.717) is 18.4 Å². The SMILES string of the molecule is CC(=O)N1CCC2(CCOC[C@H]2COc2cnccn2)CC1. The number of carbonyl (C=O) groups excluding carboxylic acids is 1. The fourth-order valence-corrected chi connectivity index (χ4v) is 3.58. The standard InChI is InChI=1S/C16H23N3O3/c1-13(20)19-7-2-16(3-8-19)4-9-21-11-14(16)12-22-15-10-17-5-6-18-15/h5-6,10,14H,2-4,7-9,11-12H2,1H3/t14-/m0/s1. The van der Waals surface area contributed by atoms with Gasteiger partial charge in [-0.05, 0) is 24.7 Å². The second-order valence-electron chi connectivity index (χ2n) is 6.24. The van der Waals surface area contributed by atoms with Gasteiger partial charge >= 0.3 is 0 Å². The van der Waals surface area contributed by atoms with Gasteiger partial charge in [0.15, 0.2) is 0 Å². The van der Waals surface area contributed by atoms with E-state index in [-0.39, 0.29) is 11.3 Å². The highest BCUT2D eigenvalue weighted by atomic mass is 16.5. The molecule has 1 aromatic rings. The van der Waals surface area contributed by atoms with E-state index in [0.717, 1.165) is 45.6 Å². The molecule has 0 N–H and O–H groups in total. The van der Waals surface area contributed by atoms with Crippen LogP contribution in [0.15, 0.2) is 18.6 Å². The van der Waals surface area contributed by atoms with Crippen molar-refractivity contribution < 1.29 is 14.3 Å². The third-order valence-electron chi connectivity index (χ3n) is 5.11. The summed E-state index contributed by atoms with van der Waals surface area (Å²) >= 11 is 0. The molecule has 0 aromatic carbocycles. The number of likely N-dealkylation sites (tertiary alicyclic amines) is 1. The van der Waals surface area contributed by atoms with Crippen molar-refractivity contribution in [3.8, 4) is 5.88 Å². The first-order chi connectivity index (χ1) is 10.7. The monoisotopic (exact) mass is 305 g/mol. The first-order valence-electron chi connectivity index (χ1n) is 7.92. The van der Waals surface area contributed by atoms with Crippen molar-refractivity contribution in [2.24, 2.45) is 11.3 Å². The van der Waals surface area contributed by atoms with Gasteiger partial charge < -0.3 is 14.4 Å². The molecule has 3 rings (SSSR count). The maximum atomic E-state index is 11.5. The zero-order chi connectivity index (χ0) is 15.4. The molecule has 0 aliphatic carbocycles. The molecule has 6 nitrogen and oxygen atoms in total. The molecule has 3 heterocycles. The minimum absolute atomic E-state index is 0.175.